The van der Waals surface area contributed by atoms with Crippen molar-refractivity contribution in [3.05, 3.63) is 0 Å². The van der Waals surface area contributed by atoms with E-state index in [0.717, 1.165) is 38.5 Å². The van der Waals surface area contributed by atoms with Crippen molar-refractivity contribution in [2.24, 2.45) is 5.73 Å². The van der Waals surface area contributed by atoms with Gasteiger partial charge >= 0.3 is 10.4 Å². The zero-order valence-corrected chi connectivity index (χ0v) is 22.9. The molecule has 0 aliphatic rings. The van der Waals surface area contributed by atoms with Crippen molar-refractivity contribution < 1.29 is 21.9 Å². The molecular formula is C26H57NO5S. The highest BCUT2D eigenvalue weighted by Crippen LogP contribution is 2.12. The monoisotopic (exact) mass is 495 g/mol. The summed E-state index contributed by atoms with van der Waals surface area (Å²) < 4.78 is 33.3. The first-order valence-corrected chi connectivity index (χ1v) is 15.2. The van der Waals surface area contributed by atoms with Gasteiger partial charge in [-0.15, -0.1) is 0 Å². The fourth-order valence-corrected chi connectivity index (χ4v) is 4.25. The molecule has 3 N–H and O–H groups in total. The molecule has 0 aromatic carbocycles. The third-order valence-electron chi connectivity index (χ3n) is 5.58. The maximum Gasteiger partial charge on any atom is 0.399 e. The van der Waals surface area contributed by atoms with Crippen molar-refractivity contribution >= 4 is 10.4 Å². The lowest BCUT2D eigenvalue weighted by Gasteiger charge is -2.06. The van der Waals surface area contributed by atoms with E-state index in [2.05, 4.69) is 13.8 Å². The molecule has 0 heterocycles. The molecule has 0 saturated heterocycles. The summed E-state index contributed by atoms with van der Waals surface area (Å²) in [5.41, 5.74) is 4.78. The summed E-state index contributed by atoms with van der Waals surface area (Å²) in [5.74, 6) is 0. The van der Waals surface area contributed by atoms with Gasteiger partial charge in [0.1, 0.15) is 0 Å². The molecule has 0 aromatic rings. The molecule has 0 atom stereocenters. The third-order valence-corrected chi connectivity index (χ3v) is 6.49. The molecule has 7 heteroatoms. The van der Waals surface area contributed by atoms with Crippen molar-refractivity contribution in [1.29, 1.82) is 0 Å². The Kier molecular flexibility index (Phi) is 31.6. The van der Waals surface area contributed by atoms with Crippen LogP contribution in [0.4, 0.5) is 0 Å². The number of hydrogen-bond acceptors (Lipinski definition) is 6. The topological polar surface area (TPSA) is 98.9 Å². The molecule has 0 fully saturated rings. The summed E-state index contributed by atoms with van der Waals surface area (Å²) in [7, 11) is -3.80. The van der Waals surface area contributed by atoms with Crippen LogP contribution in [0.15, 0.2) is 0 Å². The Labute approximate surface area is 206 Å². The van der Waals surface area contributed by atoms with E-state index < -0.39 is 10.4 Å². The number of aliphatic hydroxyl groups is 1. The summed E-state index contributed by atoms with van der Waals surface area (Å²) in [6.45, 7) is 5.45. The van der Waals surface area contributed by atoms with Gasteiger partial charge in [0.15, 0.2) is 0 Å². The minimum Gasteiger partial charge on any atom is -0.395 e. The number of nitrogens with two attached hydrogens (primary N) is 1. The summed E-state index contributed by atoms with van der Waals surface area (Å²) in [5, 5.41) is 7.75. The van der Waals surface area contributed by atoms with Crippen LogP contribution in [0.1, 0.15) is 142 Å². The highest BCUT2D eigenvalue weighted by Gasteiger charge is 2.11. The molecule has 0 radical (unpaired) electrons. The second-order valence-electron chi connectivity index (χ2n) is 8.93. The molecule has 0 unspecified atom stereocenters. The lowest BCUT2D eigenvalue weighted by Crippen LogP contribution is -2.12. The first-order valence-electron chi connectivity index (χ1n) is 13.9. The Hall–Kier alpha value is -0.210. The largest absolute Gasteiger partial charge is 0.399 e. The molecule has 0 bridgehead atoms. The van der Waals surface area contributed by atoms with Gasteiger partial charge in [-0.3, -0.25) is 0 Å². The standard InChI is InChI=1S/C24H50O4S.C2H7NO/c1-3-5-7-9-11-13-15-17-19-21-23-27-29(25,26)28-24-22-20-18-16-14-12-10-8-6-4-2;3-1-2-4/h3-24H2,1-2H3;4H,1-3H2. The second-order valence-corrected chi connectivity index (χ2v) is 10.2. The van der Waals surface area contributed by atoms with Crippen molar-refractivity contribution in [2.75, 3.05) is 26.4 Å². The van der Waals surface area contributed by atoms with Crippen molar-refractivity contribution in [3.8, 4) is 0 Å². The lowest BCUT2D eigenvalue weighted by atomic mass is 10.1. The molecule has 6 nitrogen and oxygen atoms in total. The van der Waals surface area contributed by atoms with Crippen LogP contribution in [-0.4, -0.2) is 39.9 Å². The first kappa shape index (κ1) is 35.0. The predicted molar refractivity (Wildman–Crippen MR) is 141 cm³/mol. The van der Waals surface area contributed by atoms with Gasteiger partial charge in [0.2, 0.25) is 0 Å². The molecule has 0 rings (SSSR count). The van der Waals surface area contributed by atoms with E-state index in [0.29, 0.717) is 6.54 Å². The second kappa shape index (κ2) is 29.8. The van der Waals surface area contributed by atoms with E-state index >= 15 is 0 Å². The Morgan fingerprint density at radius 1 is 0.545 bits per heavy atom. The van der Waals surface area contributed by atoms with Crippen molar-refractivity contribution in [3.63, 3.8) is 0 Å². The van der Waals surface area contributed by atoms with E-state index in [4.69, 9.17) is 19.2 Å². The SMILES string of the molecule is CCCCCCCCCCCCOS(=O)(=O)OCCCCCCCCCCCC.NCCO. The number of unbranched alkanes of at least 4 members (excludes halogenated alkanes) is 18. The Morgan fingerprint density at radius 3 is 1.03 bits per heavy atom. The predicted octanol–water partition coefficient (Wildman–Crippen LogP) is 7.04. The quantitative estimate of drug-likeness (QED) is 0.132. The molecule has 202 valence electrons. The maximum absolute atomic E-state index is 11.7. The van der Waals surface area contributed by atoms with Gasteiger partial charge in [0, 0.05) is 6.54 Å². The highest BCUT2D eigenvalue weighted by atomic mass is 32.3. The molecule has 0 saturated carbocycles. The van der Waals surface area contributed by atoms with Crippen LogP contribution in [0.3, 0.4) is 0 Å². The van der Waals surface area contributed by atoms with E-state index in [-0.39, 0.29) is 19.8 Å². The minimum absolute atomic E-state index is 0.0972. The van der Waals surface area contributed by atoms with E-state index in [9.17, 15) is 8.42 Å². The minimum atomic E-state index is -3.80. The lowest BCUT2D eigenvalue weighted by molar-refractivity contribution is 0.208. The van der Waals surface area contributed by atoms with E-state index in [1.165, 1.54) is 89.9 Å². The number of aliphatic hydroxyl groups excluding tert-OH is 1. The van der Waals surface area contributed by atoms with Crippen LogP contribution in [0.5, 0.6) is 0 Å². The van der Waals surface area contributed by atoms with Crippen LogP contribution >= 0.6 is 0 Å². The van der Waals surface area contributed by atoms with Gasteiger partial charge in [0.05, 0.1) is 19.8 Å². The Balaban J connectivity index is 0. The van der Waals surface area contributed by atoms with Gasteiger partial charge in [-0.05, 0) is 12.8 Å². The summed E-state index contributed by atoms with van der Waals surface area (Å²) in [6.07, 6.45) is 24.4. The maximum atomic E-state index is 11.7. The zero-order chi connectivity index (χ0) is 24.9. The van der Waals surface area contributed by atoms with Gasteiger partial charge in [0.25, 0.3) is 0 Å². The molecular weight excluding hydrogens is 438 g/mol. The van der Waals surface area contributed by atoms with Crippen LogP contribution in [0.2, 0.25) is 0 Å². The van der Waals surface area contributed by atoms with Crippen LogP contribution < -0.4 is 5.73 Å². The van der Waals surface area contributed by atoms with Crippen molar-refractivity contribution in [1.82, 2.24) is 0 Å². The molecule has 0 amide bonds. The van der Waals surface area contributed by atoms with E-state index in [1.54, 1.807) is 0 Å². The highest BCUT2D eigenvalue weighted by molar-refractivity contribution is 7.81. The van der Waals surface area contributed by atoms with Gasteiger partial charge in [-0.2, -0.15) is 8.42 Å². The summed E-state index contributed by atoms with van der Waals surface area (Å²) >= 11 is 0. The van der Waals surface area contributed by atoms with Crippen LogP contribution in [0, 0.1) is 0 Å². The Bertz CT molecular complexity index is 412. The Morgan fingerprint density at radius 2 is 0.788 bits per heavy atom. The fraction of sp³-hybridized carbons (Fsp3) is 1.00. The molecule has 0 aliphatic carbocycles. The van der Waals surface area contributed by atoms with Crippen LogP contribution in [0.25, 0.3) is 0 Å². The number of hydrogen-bond donors (Lipinski definition) is 2. The molecule has 0 aliphatic heterocycles. The van der Waals surface area contributed by atoms with Crippen molar-refractivity contribution in [2.45, 2.75) is 142 Å². The molecule has 33 heavy (non-hydrogen) atoms. The molecule has 0 spiro atoms. The third kappa shape index (κ3) is 34.0. The zero-order valence-electron chi connectivity index (χ0n) is 22.0. The smallest absolute Gasteiger partial charge is 0.395 e. The normalized spacial score (nSPS) is 11.4. The van der Waals surface area contributed by atoms with Gasteiger partial charge in [-0.25, -0.2) is 8.37 Å². The first-order chi connectivity index (χ1) is 16.0. The summed E-state index contributed by atoms with van der Waals surface area (Å²) in [4.78, 5) is 0. The van der Waals surface area contributed by atoms with Gasteiger partial charge in [-0.1, -0.05) is 129 Å². The van der Waals surface area contributed by atoms with Crippen LogP contribution in [-0.2, 0) is 18.8 Å². The number of rotatable bonds is 25. The fourth-order valence-electron chi connectivity index (χ4n) is 3.53. The summed E-state index contributed by atoms with van der Waals surface area (Å²) in [6, 6.07) is 0. The van der Waals surface area contributed by atoms with Gasteiger partial charge < -0.3 is 10.8 Å². The average Bonchev–Trinajstić information content (AvgIpc) is 2.81. The molecule has 0 aromatic heterocycles. The van der Waals surface area contributed by atoms with E-state index in [1.807, 2.05) is 0 Å². The average molecular weight is 496 g/mol.